The first-order valence-corrected chi connectivity index (χ1v) is 74.3. The topological polar surface area (TPSA) is 348 Å². The molecule has 0 aliphatic heterocycles. The molecule has 8 aromatic carbocycles. The fourth-order valence-corrected chi connectivity index (χ4v) is 67.5. The first-order chi connectivity index (χ1) is 66.6. The van der Waals surface area contributed by atoms with Crippen molar-refractivity contribution in [2.24, 2.45) is 0 Å². The van der Waals surface area contributed by atoms with Gasteiger partial charge in [0.1, 0.15) is 80.5 Å². The van der Waals surface area contributed by atoms with Gasteiger partial charge in [-0.3, -0.25) is 33.6 Å². The monoisotopic (exact) mass is 2450 g/mol. The zero-order valence-corrected chi connectivity index (χ0v) is 98.6. The van der Waals surface area contributed by atoms with Crippen molar-refractivity contribution >= 4 is 369 Å². The van der Waals surface area contributed by atoms with Gasteiger partial charge in [0, 0.05) is 336 Å². The van der Waals surface area contributed by atoms with E-state index in [0.717, 1.165) is 33.9 Å². The lowest BCUT2D eigenvalue weighted by molar-refractivity contribution is -0.133. The molecule has 21 nitrogen and oxygen atoms in total. The van der Waals surface area contributed by atoms with Crippen molar-refractivity contribution in [3.63, 3.8) is 0 Å². The molecule has 0 bridgehead atoms. The van der Waals surface area contributed by atoms with Crippen molar-refractivity contribution in [2.75, 3.05) is 0 Å². The predicted molar refractivity (Wildman–Crippen MR) is 653 cm³/mol. The number of aryl methyl sites for hydroxylation is 2. The molecule has 0 aromatic heterocycles. The van der Waals surface area contributed by atoms with Gasteiger partial charge < -0.3 is 69.6 Å². The first kappa shape index (κ1) is 129. The highest BCUT2D eigenvalue weighted by molar-refractivity contribution is 8.77. The molecule has 0 fully saturated rings. The second-order valence-corrected chi connectivity index (χ2v) is 70.9. The molecule has 9 N–H and O–H groups in total. The number of ether oxygens (including phenoxy) is 5. The molecule has 0 unspecified atom stereocenters. The van der Waals surface area contributed by atoms with Crippen LogP contribution < -0.4 is 23.7 Å². The fourth-order valence-electron chi connectivity index (χ4n) is 9.84. The number of benzene rings is 8. The van der Waals surface area contributed by atoms with Gasteiger partial charge in [-0.2, -0.15) is 0 Å². The molecule has 754 valence electrons. The number of allylic oxidation sites excluding steroid dienone is 10. The van der Waals surface area contributed by atoms with Crippen molar-refractivity contribution in [1.82, 2.24) is 0 Å². The number of carbonyl (C=O) groups excluding carboxylic acids is 7. The van der Waals surface area contributed by atoms with Gasteiger partial charge in [0.2, 0.25) is 0 Å². The van der Waals surface area contributed by atoms with Crippen LogP contribution in [0.2, 0.25) is 0 Å². The summed E-state index contributed by atoms with van der Waals surface area (Å²) in [5.41, 5.74) is 9.18. The standard InChI is InChI=1S/C26H26O6.C25H24O6.C20H18O5.C19H18O4.CH4.S15.S14/c1-16(2)7-12-23-25(31-19(5)28)14-21(15-26(23)32-20(6)29)9-11-22-10-8-17(3)13-24(22)30-18(4)27;1-15(2)6-10-21-23(30-17(4)26)13-11-20(25(21)29)22(28)12-9-19-8-7-16(3)14-24(19)31-18(5)27;1-12(2)3-7-15-18(23)10-8-16(20(15)25)17(22)9-5-13-4-6-14(21)11-19(13)24;1-12(2)3-8-16-18(22)9-13(10-19(16)23)4-5-14-6-7-15(20)11-17(14)21;;1-3-5-7-9-11-13-15-14-12-10-8-6-4-2;1-3-5-7-9-11-13-14-12-10-8-6-4-2/h7-15H,1H2,2-6H3;6-14,29H,1H2,2-5H3;3-11,21,23-25H,1H2,2H3;3-11,20-23H,1H2,2H3;1H4;;/b11-9+,12-7+;10-6+,12-9+;7-3+,9-5+;5-4+,8-3+;;;. The van der Waals surface area contributed by atoms with Gasteiger partial charge in [0.15, 0.2) is 11.6 Å². The minimum atomic E-state index is -0.555. The molecular formula is C91H90O21S29. The molecule has 0 atom stereocenters. The van der Waals surface area contributed by atoms with Gasteiger partial charge >= 0.3 is 29.8 Å². The number of ketones is 2. The number of aromatic hydroxyl groups is 9. The summed E-state index contributed by atoms with van der Waals surface area (Å²) < 4.78 is 26.4. The molecular weight excluding hydrogens is 2360 g/mol. The molecule has 8 aromatic rings. The van der Waals surface area contributed by atoms with E-state index in [2.05, 4.69) is 26.3 Å². The highest BCUT2D eigenvalue weighted by Crippen LogP contribution is 2.39. The maximum absolute atomic E-state index is 12.8. The van der Waals surface area contributed by atoms with E-state index in [0.29, 0.717) is 61.6 Å². The van der Waals surface area contributed by atoms with Gasteiger partial charge in [-0.25, -0.2) is 0 Å². The lowest BCUT2D eigenvalue weighted by atomic mass is 10.0. The predicted octanol–water partition coefficient (Wildman–Crippen LogP) is 19.4. The molecule has 0 amide bonds. The van der Waals surface area contributed by atoms with Crippen LogP contribution in [0.25, 0.3) is 60.8 Å². The molecule has 0 heterocycles. The normalized spacial score (nSPS) is 10.2. The molecule has 50 heteroatoms. The Labute approximate surface area is 908 Å². The SMILES string of the molecule is C.C=C(C)/C=C/c1c(O)cc(/C=C/c2ccc(O)cc2O)cc1O.C=C(C)/C=C/c1c(O)ccc(C(=O)/C=C/c2ccc(O)cc2O)c1O.C=C(C)/C=C/c1c(OC(C)=O)cc(/C=C/c2ccc(C)cc2OC(C)=O)cc1OC(C)=O.C=C(C)/C=C/c1c(OC(C)=O)ccc(C(=O)/C=C/c2ccc(C)cc2OC(C)=O)c1O.S=S=S=S=S=S=S=S=S=S=S=S=S=S.S=S=S=S=S=S=S=S=S=S=S=S=S=S=S. The van der Waals surface area contributed by atoms with E-state index in [1.165, 1.54) is 167 Å². The van der Waals surface area contributed by atoms with Crippen LogP contribution in [0.5, 0.6) is 80.5 Å². The zero-order valence-electron chi connectivity index (χ0n) is 74.9. The number of hydrogen-bond acceptors (Lipinski definition) is 25. The van der Waals surface area contributed by atoms with E-state index in [-0.39, 0.29) is 98.7 Å². The third-order valence-electron chi connectivity index (χ3n) is 15.3. The van der Waals surface area contributed by atoms with Gasteiger partial charge in [-0.15, -0.1) is 0 Å². The van der Waals surface area contributed by atoms with Crippen LogP contribution in [0.3, 0.4) is 0 Å². The van der Waals surface area contributed by atoms with Crippen LogP contribution in [0.1, 0.15) is 157 Å². The number of phenols is 9. The molecule has 0 aliphatic carbocycles. The molecule has 0 saturated heterocycles. The second kappa shape index (κ2) is 73.9. The van der Waals surface area contributed by atoms with Gasteiger partial charge in [0.05, 0.1) is 33.4 Å². The largest absolute Gasteiger partial charge is 0.508 e. The quantitative estimate of drug-likeness (QED) is 0.00717. The Bertz CT molecular complexity index is 7460. The molecule has 141 heavy (non-hydrogen) atoms. The van der Waals surface area contributed by atoms with Gasteiger partial charge in [0.25, 0.3) is 0 Å². The Balaban J connectivity index is 0.000000584. The van der Waals surface area contributed by atoms with E-state index in [1.807, 2.05) is 45.9 Å². The van der Waals surface area contributed by atoms with E-state index >= 15 is 0 Å². The summed E-state index contributed by atoms with van der Waals surface area (Å²) in [5, 5.41) is 88.8. The Morgan fingerprint density at radius 3 is 0.901 bits per heavy atom. The van der Waals surface area contributed by atoms with Crippen LogP contribution in [-0.4, -0.2) is 87.4 Å². The highest BCUT2D eigenvalue weighted by atomic mass is 33.5. The van der Waals surface area contributed by atoms with E-state index in [4.69, 9.17) is 68.4 Å². The van der Waals surface area contributed by atoms with Crippen LogP contribution >= 0.6 is 0 Å². The minimum Gasteiger partial charge on any atom is -0.508 e. The van der Waals surface area contributed by atoms with E-state index in [1.54, 1.807) is 297 Å². The Kier molecular flexibility index (Phi) is 67.6. The van der Waals surface area contributed by atoms with Crippen molar-refractivity contribution in [2.45, 2.75) is 83.6 Å². The molecule has 8 rings (SSSR count). The summed E-state index contributed by atoms with van der Waals surface area (Å²) in [6.45, 7) is 32.3. The zero-order chi connectivity index (χ0) is 104. The number of hydrogen-bond donors (Lipinski definition) is 9. The Hall–Kier alpha value is -8.09. The summed E-state index contributed by atoms with van der Waals surface area (Å²) in [6, 6.07) is 30.7. The lowest BCUT2D eigenvalue weighted by Crippen LogP contribution is -2.07. The molecule has 0 saturated carbocycles. The Morgan fingerprint density at radius 2 is 0.546 bits per heavy atom. The lowest BCUT2D eigenvalue weighted by Gasteiger charge is -2.13. The third-order valence-corrected chi connectivity index (χ3v) is 66.4. The van der Waals surface area contributed by atoms with Crippen LogP contribution in [0.4, 0.5) is 0 Å². The van der Waals surface area contributed by atoms with E-state index in [9.17, 15) is 79.5 Å². The third kappa shape index (κ3) is 55.2. The van der Waals surface area contributed by atoms with Crippen LogP contribution in [0, 0.1) is 13.8 Å². The average molecular weight is 2450 g/mol. The Morgan fingerprint density at radius 1 is 0.262 bits per heavy atom. The summed E-state index contributed by atoms with van der Waals surface area (Å²) in [4.78, 5) is 82.6. The number of rotatable bonds is 23. The van der Waals surface area contributed by atoms with Crippen LogP contribution in [0.15, 0.2) is 206 Å². The van der Waals surface area contributed by atoms with Gasteiger partial charge in [-0.1, -0.05) is 129 Å². The van der Waals surface area contributed by atoms with Gasteiger partial charge in [-0.05, 0) is 197 Å². The molecule has 0 radical (unpaired) electrons. The summed E-state index contributed by atoms with van der Waals surface area (Å²) in [6.07, 6.45) is 25.0. The van der Waals surface area contributed by atoms with Crippen molar-refractivity contribution in [3.8, 4) is 80.5 Å². The number of phenolic OH excluding ortho intramolecular Hbond substituents is 9. The number of esters is 5. The summed E-state index contributed by atoms with van der Waals surface area (Å²) in [7, 11) is 41.6. The molecule has 0 spiro atoms. The molecule has 0 aliphatic rings. The fraction of sp³-hybridized carbons (Fsp3) is 0.132. The second-order valence-electron chi connectivity index (χ2n) is 26.7. The van der Waals surface area contributed by atoms with E-state index < -0.39 is 41.4 Å². The van der Waals surface area contributed by atoms with Crippen molar-refractivity contribution in [1.29, 1.82) is 0 Å². The van der Waals surface area contributed by atoms with Crippen molar-refractivity contribution in [3.05, 3.63) is 284 Å². The maximum Gasteiger partial charge on any atom is 0.308 e. The maximum atomic E-state index is 12.8. The van der Waals surface area contributed by atoms with Crippen LogP contribution in [-0.2, 0) is 291 Å². The minimum absolute atomic E-state index is 0. The highest BCUT2D eigenvalue weighted by Gasteiger charge is 2.20. The first-order valence-electron chi connectivity index (χ1n) is 38.3. The van der Waals surface area contributed by atoms with Crippen molar-refractivity contribution < 1.29 is 103 Å². The smallest absolute Gasteiger partial charge is 0.308 e. The number of carbonyl (C=O) groups is 7. The summed E-state index contributed by atoms with van der Waals surface area (Å²) in [5.74, 6) is -3.41. The average Bonchev–Trinajstić information content (AvgIpc) is 0.817. The summed E-state index contributed by atoms with van der Waals surface area (Å²) >= 11 is 18.9.